The van der Waals surface area contributed by atoms with Crippen molar-refractivity contribution < 1.29 is 15.7 Å². The molecule has 0 radical (unpaired) electrons. The zero-order valence-corrected chi connectivity index (χ0v) is 12.8. The molecule has 2 nitrogen and oxygen atoms in total. The van der Waals surface area contributed by atoms with Crippen molar-refractivity contribution in [2.45, 2.75) is 50.3 Å². The van der Waals surface area contributed by atoms with Gasteiger partial charge in [0, 0.05) is 22.4 Å². The van der Waals surface area contributed by atoms with E-state index in [0.717, 1.165) is 12.5 Å². The highest BCUT2D eigenvalue weighted by atomic mass is 16.5. The Balaban J connectivity index is 2.18. The fraction of sp³-hybridized carbons (Fsp3) is 0.684. The standard InChI is InChI=1S/C19H27NO/c1-13-6-7-19-8-9-20(2)18(17(19)10-13)11-14-4-5-15(21-3)12-16(14)19/h4-5,12-13,17-18H,6-11H2,1-3H3/t13?,17-,18+,19-/m1/s1/i6D2,7D2,10D2,13D,17D. The minimum atomic E-state index is -2.83. The number of likely N-dealkylation sites (N-methyl/N-ethyl adjacent to an activating group) is 1. The Morgan fingerprint density at radius 1 is 1.48 bits per heavy atom. The number of piperidine rings is 1. The molecule has 4 rings (SSSR count). The van der Waals surface area contributed by atoms with Gasteiger partial charge >= 0.3 is 0 Å². The van der Waals surface area contributed by atoms with Crippen LogP contribution >= 0.6 is 0 Å². The van der Waals surface area contributed by atoms with Crippen LogP contribution in [-0.2, 0) is 11.8 Å². The van der Waals surface area contributed by atoms with Gasteiger partial charge < -0.3 is 9.64 Å². The van der Waals surface area contributed by atoms with Crippen LogP contribution in [-0.4, -0.2) is 31.6 Å². The number of ether oxygens (including phenoxy) is 1. The van der Waals surface area contributed by atoms with Gasteiger partial charge in [0.1, 0.15) is 5.75 Å². The molecule has 2 bridgehead atoms. The van der Waals surface area contributed by atoms with Crippen LogP contribution in [0.2, 0.25) is 0 Å². The molecule has 0 amide bonds. The monoisotopic (exact) mass is 293 g/mol. The summed E-state index contributed by atoms with van der Waals surface area (Å²) in [5.74, 6) is -4.05. The van der Waals surface area contributed by atoms with Crippen LogP contribution in [0.4, 0.5) is 0 Å². The summed E-state index contributed by atoms with van der Waals surface area (Å²) in [5.41, 5.74) is -0.522. The van der Waals surface area contributed by atoms with E-state index in [4.69, 9.17) is 14.3 Å². The number of fused-ring (bicyclic) bond motifs is 1. The molecule has 114 valence electrons. The van der Waals surface area contributed by atoms with Gasteiger partial charge in [-0.3, -0.25) is 0 Å². The number of likely N-dealkylation sites (tertiary alicyclic amines) is 1. The zero-order valence-electron chi connectivity index (χ0n) is 20.8. The van der Waals surface area contributed by atoms with Gasteiger partial charge in [-0.15, -0.1) is 0 Å². The Bertz CT molecular complexity index is 872. The van der Waals surface area contributed by atoms with Crippen molar-refractivity contribution in [1.82, 2.24) is 4.90 Å². The summed E-state index contributed by atoms with van der Waals surface area (Å²) >= 11 is 0. The second-order valence-electron chi connectivity index (χ2n) is 6.29. The molecular formula is C19H27NO. The molecule has 2 fully saturated rings. The van der Waals surface area contributed by atoms with E-state index >= 15 is 0 Å². The second kappa shape index (κ2) is 4.74. The van der Waals surface area contributed by atoms with E-state index in [1.807, 2.05) is 11.0 Å². The first kappa shape index (κ1) is 7.50. The molecular weight excluding hydrogens is 258 g/mol. The predicted octanol–water partition coefficient (Wildman–Crippen LogP) is 3.63. The highest BCUT2D eigenvalue weighted by molar-refractivity contribution is 5.45. The van der Waals surface area contributed by atoms with Crippen LogP contribution in [0, 0.1) is 11.8 Å². The first-order chi connectivity index (χ1) is 13.1. The molecule has 3 aliphatic rings. The number of benzene rings is 1. The molecule has 1 aromatic carbocycles. The molecule has 1 aliphatic heterocycles. The molecule has 1 aromatic rings. The van der Waals surface area contributed by atoms with Crippen LogP contribution in [0.1, 0.15) is 54.6 Å². The van der Waals surface area contributed by atoms with Crippen molar-refractivity contribution in [1.29, 1.82) is 0 Å². The lowest BCUT2D eigenvalue weighted by Crippen LogP contribution is -2.60. The minimum Gasteiger partial charge on any atom is -0.497 e. The SMILES string of the molecule is [2H]C1([2H])C([2H])(C)C([2H])([2H])[C@]2([2H])[C@@H]3Cc4ccc(OC)cc4[C@]2(CCN3C)C1([2H])[2H]. The van der Waals surface area contributed by atoms with Gasteiger partial charge in [0.2, 0.25) is 0 Å². The van der Waals surface area contributed by atoms with Crippen LogP contribution in [0.25, 0.3) is 0 Å². The van der Waals surface area contributed by atoms with Crippen molar-refractivity contribution in [2.75, 3.05) is 20.7 Å². The highest BCUT2D eigenvalue weighted by Crippen LogP contribution is 2.56. The van der Waals surface area contributed by atoms with Gasteiger partial charge in [0.15, 0.2) is 0 Å². The lowest BCUT2D eigenvalue weighted by Gasteiger charge is -2.59. The fourth-order valence-corrected chi connectivity index (χ4v) is 3.96. The van der Waals surface area contributed by atoms with Gasteiger partial charge in [0.25, 0.3) is 0 Å². The maximum atomic E-state index is 9.58. The minimum absolute atomic E-state index is 0.0891. The van der Waals surface area contributed by atoms with Crippen LogP contribution in [0.5, 0.6) is 5.75 Å². The first-order valence-electron chi connectivity index (χ1n) is 11.5. The summed E-state index contributed by atoms with van der Waals surface area (Å²) in [5, 5.41) is 0. The van der Waals surface area contributed by atoms with Crippen molar-refractivity contribution in [3.8, 4) is 5.75 Å². The fourth-order valence-electron chi connectivity index (χ4n) is 3.96. The molecule has 2 aliphatic carbocycles. The highest BCUT2D eigenvalue weighted by Gasteiger charge is 2.54. The van der Waals surface area contributed by atoms with Gasteiger partial charge in [0.05, 0.1) is 7.11 Å². The second-order valence-corrected chi connectivity index (χ2v) is 6.29. The lowest BCUT2D eigenvalue weighted by molar-refractivity contribution is -0.0112. The number of hydrogen-bond donors (Lipinski definition) is 0. The van der Waals surface area contributed by atoms with Gasteiger partial charge in [-0.25, -0.2) is 0 Å². The Kier molecular flexibility index (Phi) is 1.69. The smallest absolute Gasteiger partial charge is 0.119 e. The van der Waals surface area contributed by atoms with E-state index < -0.39 is 42.4 Å². The molecule has 0 N–H and O–H groups in total. The molecule has 21 heavy (non-hydrogen) atoms. The van der Waals surface area contributed by atoms with Crippen LogP contribution in [0.15, 0.2) is 18.2 Å². The molecule has 1 saturated heterocycles. The normalized spacial score (nSPS) is 58.3. The molecule has 1 heterocycles. The Hall–Kier alpha value is -1.02. The van der Waals surface area contributed by atoms with Gasteiger partial charge in [-0.05, 0) is 80.6 Å². The van der Waals surface area contributed by atoms with E-state index in [2.05, 4.69) is 0 Å². The molecule has 4 atom stereocenters. The Labute approximate surface area is 139 Å². The quantitative estimate of drug-likeness (QED) is 0.784. The largest absolute Gasteiger partial charge is 0.497 e. The average Bonchev–Trinajstić information content (AvgIpc) is 2.63. The molecule has 0 aromatic heterocycles. The van der Waals surface area contributed by atoms with E-state index in [1.54, 1.807) is 19.2 Å². The number of hydrogen-bond acceptors (Lipinski definition) is 2. The van der Waals surface area contributed by atoms with Crippen molar-refractivity contribution in [3.63, 3.8) is 0 Å². The molecule has 0 spiro atoms. The van der Waals surface area contributed by atoms with E-state index in [-0.39, 0.29) is 6.42 Å². The number of nitrogens with zero attached hydrogens (tertiary/aromatic N) is 1. The summed E-state index contributed by atoms with van der Waals surface area (Å²) in [6.07, 6.45) is -7.66. The third kappa shape index (κ3) is 1.88. The van der Waals surface area contributed by atoms with Crippen molar-refractivity contribution >= 4 is 0 Å². The summed E-state index contributed by atoms with van der Waals surface area (Å²) in [4.78, 5) is 1.88. The summed E-state index contributed by atoms with van der Waals surface area (Å²) < 4.78 is 76.8. The van der Waals surface area contributed by atoms with Crippen molar-refractivity contribution in [2.24, 2.45) is 11.8 Å². The van der Waals surface area contributed by atoms with E-state index in [1.165, 1.54) is 7.11 Å². The van der Waals surface area contributed by atoms with Crippen LogP contribution < -0.4 is 4.74 Å². The predicted molar refractivity (Wildman–Crippen MR) is 85.9 cm³/mol. The van der Waals surface area contributed by atoms with Gasteiger partial charge in [-0.2, -0.15) is 0 Å². The maximum Gasteiger partial charge on any atom is 0.119 e. The van der Waals surface area contributed by atoms with Gasteiger partial charge in [-0.1, -0.05) is 13.0 Å². The van der Waals surface area contributed by atoms with E-state index in [9.17, 15) is 1.37 Å². The average molecular weight is 293 g/mol. The maximum absolute atomic E-state index is 9.58. The first-order valence-corrected chi connectivity index (χ1v) is 7.53. The summed E-state index contributed by atoms with van der Waals surface area (Å²) in [6.45, 7) is 1.52. The topological polar surface area (TPSA) is 12.5 Å². The number of methoxy groups -OCH3 is 1. The molecule has 2 heteroatoms. The van der Waals surface area contributed by atoms with E-state index in [0.29, 0.717) is 24.3 Å². The van der Waals surface area contributed by atoms with Crippen LogP contribution in [0.3, 0.4) is 0 Å². The van der Waals surface area contributed by atoms with Crippen molar-refractivity contribution in [3.05, 3.63) is 29.3 Å². The third-order valence-corrected chi connectivity index (χ3v) is 5.14. The number of rotatable bonds is 1. The summed E-state index contributed by atoms with van der Waals surface area (Å²) in [6, 6.07) is 4.55. The lowest BCUT2D eigenvalue weighted by atomic mass is 9.51. The molecule has 1 saturated carbocycles. The zero-order chi connectivity index (χ0) is 21.8. The Morgan fingerprint density at radius 2 is 2.33 bits per heavy atom. The third-order valence-electron chi connectivity index (χ3n) is 5.14. The molecule has 1 unspecified atom stereocenters. The Morgan fingerprint density at radius 3 is 3.14 bits per heavy atom. The summed E-state index contributed by atoms with van der Waals surface area (Å²) in [7, 11) is 3.29.